The van der Waals surface area contributed by atoms with Crippen molar-refractivity contribution in [2.45, 2.75) is 13.5 Å². The highest BCUT2D eigenvalue weighted by molar-refractivity contribution is 6.01. The van der Waals surface area contributed by atoms with Crippen LogP contribution in [0, 0.1) is 0 Å². The number of hydrogen-bond acceptors (Lipinski definition) is 3. The monoisotopic (exact) mass is 348 g/mol. The van der Waals surface area contributed by atoms with Crippen molar-refractivity contribution in [3.05, 3.63) is 71.8 Å². The van der Waals surface area contributed by atoms with Gasteiger partial charge >= 0.3 is 0 Å². The lowest BCUT2D eigenvalue weighted by Gasteiger charge is -2.14. The van der Waals surface area contributed by atoms with E-state index >= 15 is 0 Å². The quantitative estimate of drug-likeness (QED) is 0.725. The number of hydrogen-bond donors (Lipinski definition) is 1. The topological polar surface area (TPSA) is 41.6 Å². The molecular formula is C22H24N2O2. The number of carbonyl (C=O) groups is 1. The molecule has 4 nitrogen and oxygen atoms in total. The molecular weight excluding hydrogens is 324 g/mol. The molecule has 0 radical (unpaired) electrons. The third kappa shape index (κ3) is 3.97. The molecule has 0 fully saturated rings. The number of nitrogens with zero attached hydrogens (tertiary/aromatic N) is 1. The van der Waals surface area contributed by atoms with Crippen molar-refractivity contribution in [1.29, 1.82) is 0 Å². The minimum Gasteiger partial charge on any atom is -0.493 e. The highest BCUT2D eigenvalue weighted by Crippen LogP contribution is 2.26. The average Bonchev–Trinajstić information content (AvgIpc) is 2.66. The molecule has 26 heavy (non-hydrogen) atoms. The lowest BCUT2D eigenvalue weighted by Crippen LogP contribution is -2.23. The van der Waals surface area contributed by atoms with Gasteiger partial charge < -0.3 is 15.0 Å². The smallest absolute Gasteiger partial charge is 0.255 e. The first-order valence-corrected chi connectivity index (χ1v) is 8.78. The maximum absolute atomic E-state index is 12.7. The van der Waals surface area contributed by atoms with Gasteiger partial charge in [-0.3, -0.25) is 4.79 Å². The van der Waals surface area contributed by atoms with Crippen LogP contribution < -0.4 is 15.0 Å². The van der Waals surface area contributed by atoms with Crippen LogP contribution in [-0.2, 0) is 6.54 Å². The Kier molecular flexibility index (Phi) is 5.42. The van der Waals surface area contributed by atoms with Gasteiger partial charge in [-0.15, -0.1) is 0 Å². The van der Waals surface area contributed by atoms with Crippen molar-refractivity contribution >= 4 is 22.4 Å². The molecule has 1 N–H and O–H groups in total. The Hall–Kier alpha value is -3.01. The molecule has 4 heteroatoms. The highest BCUT2D eigenvalue weighted by atomic mass is 16.5. The zero-order valence-electron chi connectivity index (χ0n) is 15.5. The first kappa shape index (κ1) is 17.8. The molecule has 0 saturated carbocycles. The van der Waals surface area contributed by atoms with E-state index in [2.05, 4.69) is 5.32 Å². The Morgan fingerprint density at radius 2 is 1.65 bits per heavy atom. The largest absolute Gasteiger partial charge is 0.493 e. The molecule has 0 spiro atoms. The van der Waals surface area contributed by atoms with Gasteiger partial charge in [-0.1, -0.05) is 36.4 Å². The van der Waals surface area contributed by atoms with Gasteiger partial charge in [-0.25, -0.2) is 0 Å². The molecule has 3 aromatic carbocycles. The summed E-state index contributed by atoms with van der Waals surface area (Å²) in [5.74, 6) is 0.488. The van der Waals surface area contributed by atoms with Gasteiger partial charge in [0.1, 0.15) is 5.75 Å². The van der Waals surface area contributed by atoms with Crippen molar-refractivity contribution < 1.29 is 9.53 Å². The second-order valence-electron chi connectivity index (χ2n) is 6.37. The molecule has 0 aliphatic rings. The van der Waals surface area contributed by atoms with E-state index in [1.807, 2.05) is 86.6 Å². The molecule has 0 unspecified atom stereocenters. The fourth-order valence-corrected chi connectivity index (χ4v) is 2.86. The van der Waals surface area contributed by atoms with Crippen LogP contribution in [-0.4, -0.2) is 26.6 Å². The van der Waals surface area contributed by atoms with Gasteiger partial charge in [0.2, 0.25) is 0 Å². The highest BCUT2D eigenvalue weighted by Gasteiger charge is 2.14. The van der Waals surface area contributed by atoms with Gasteiger partial charge in [0, 0.05) is 26.3 Å². The maximum Gasteiger partial charge on any atom is 0.255 e. The summed E-state index contributed by atoms with van der Waals surface area (Å²) in [6.07, 6.45) is 0. The lowest BCUT2D eigenvalue weighted by atomic mass is 10.1. The Morgan fingerprint density at radius 1 is 1.00 bits per heavy atom. The summed E-state index contributed by atoms with van der Waals surface area (Å²) in [5, 5.41) is 5.08. The van der Waals surface area contributed by atoms with Gasteiger partial charge in [-0.2, -0.15) is 0 Å². The number of ether oxygens (including phenoxy) is 1. The zero-order chi connectivity index (χ0) is 18.5. The number of rotatable bonds is 6. The summed E-state index contributed by atoms with van der Waals surface area (Å²) in [4.78, 5) is 14.8. The van der Waals surface area contributed by atoms with Crippen molar-refractivity contribution in [3.63, 3.8) is 0 Å². The van der Waals surface area contributed by atoms with Crippen molar-refractivity contribution in [1.82, 2.24) is 5.32 Å². The predicted molar refractivity (Wildman–Crippen MR) is 107 cm³/mol. The molecule has 0 aromatic heterocycles. The summed E-state index contributed by atoms with van der Waals surface area (Å²) >= 11 is 0. The van der Waals surface area contributed by atoms with Gasteiger partial charge in [0.05, 0.1) is 12.2 Å². The van der Waals surface area contributed by atoms with E-state index in [0.717, 1.165) is 22.0 Å². The number of amides is 1. The fourth-order valence-electron chi connectivity index (χ4n) is 2.86. The Bertz CT molecular complexity index is 902. The third-order valence-corrected chi connectivity index (χ3v) is 4.30. The Morgan fingerprint density at radius 3 is 2.27 bits per heavy atom. The summed E-state index contributed by atoms with van der Waals surface area (Å²) in [6.45, 7) is 2.92. The van der Waals surface area contributed by atoms with E-state index in [-0.39, 0.29) is 5.91 Å². The first-order chi connectivity index (χ1) is 12.6. The molecule has 0 aliphatic carbocycles. The van der Waals surface area contributed by atoms with Crippen LogP contribution in [0.25, 0.3) is 10.8 Å². The average molecular weight is 348 g/mol. The van der Waals surface area contributed by atoms with Crippen LogP contribution in [0.5, 0.6) is 5.75 Å². The van der Waals surface area contributed by atoms with Gasteiger partial charge in [0.25, 0.3) is 5.91 Å². The fraction of sp³-hybridized carbons (Fsp3) is 0.227. The van der Waals surface area contributed by atoms with Crippen molar-refractivity contribution in [2.24, 2.45) is 0 Å². The third-order valence-electron chi connectivity index (χ3n) is 4.30. The summed E-state index contributed by atoms with van der Waals surface area (Å²) in [7, 11) is 4.01. The van der Waals surface area contributed by atoms with Crippen molar-refractivity contribution in [2.75, 3.05) is 25.6 Å². The molecule has 134 valence electrons. The SMILES string of the molecule is CCOc1cc2ccccc2cc1C(=O)NCc1ccc(N(C)C)cc1. The minimum absolute atomic E-state index is 0.129. The van der Waals surface area contributed by atoms with E-state index in [1.54, 1.807) is 0 Å². The number of nitrogens with one attached hydrogen (secondary N) is 1. The van der Waals surface area contributed by atoms with Gasteiger partial charge in [0.15, 0.2) is 0 Å². The number of benzene rings is 3. The summed E-state index contributed by atoms with van der Waals surface area (Å²) < 4.78 is 5.69. The molecule has 1 amide bonds. The Balaban J connectivity index is 1.79. The molecule has 0 heterocycles. The standard InChI is InChI=1S/C22H24N2O2/c1-4-26-21-14-18-8-6-5-7-17(18)13-20(21)22(25)23-15-16-9-11-19(12-10-16)24(2)3/h5-14H,4,15H2,1-3H3,(H,23,25). The van der Waals surface area contributed by atoms with E-state index in [0.29, 0.717) is 24.5 Å². The molecule has 0 aliphatic heterocycles. The van der Waals surface area contributed by atoms with Crippen LogP contribution >= 0.6 is 0 Å². The molecule has 0 saturated heterocycles. The van der Waals surface area contributed by atoms with Crippen LogP contribution in [0.2, 0.25) is 0 Å². The number of fused-ring (bicyclic) bond motifs is 1. The van der Waals surface area contributed by atoms with Crippen molar-refractivity contribution in [3.8, 4) is 5.75 Å². The van der Waals surface area contributed by atoms with E-state index in [4.69, 9.17) is 4.74 Å². The molecule has 0 atom stereocenters. The maximum atomic E-state index is 12.7. The van der Waals surface area contributed by atoms with Crippen LogP contribution in [0.1, 0.15) is 22.8 Å². The normalized spacial score (nSPS) is 10.6. The zero-order valence-corrected chi connectivity index (χ0v) is 15.5. The van der Waals surface area contributed by atoms with E-state index < -0.39 is 0 Å². The molecule has 0 bridgehead atoms. The van der Waals surface area contributed by atoms with E-state index in [1.165, 1.54) is 0 Å². The molecule has 3 rings (SSSR count). The Labute approximate surface area is 154 Å². The number of anilines is 1. The second-order valence-corrected chi connectivity index (χ2v) is 6.37. The summed E-state index contributed by atoms with van der Waals surface area (Å²) in [5.41, 5.74) is 2.76. The molecule has 3 aromatic rings. The van der Waals surface area contributed by atoms with Crippen LogP contribution in [0.4, 0.5) is 5.69 Å². The first-order valence-electron chi connectivity index (χ1n) is 8.78. The predicted octanol–water partition coefficient (Wildman–Crippen LogP) is 4.23. The minimum atomic E-state index is -0.129. The number of carbonyl (C=O) groups excluding carboxylic acids is 1. The second kappa shape index (κ2) is 7.91. The summed E-state index contributed by atoms with van der Waals surface area (Å²) in [6, 6.07) is 19.9. The van der Waals surface area contributed by atoms with Crippen LogP contribution in [0.15, 0.2) is 60.7 Å². The van der Waals surface area contributed by atoms with Crippen LogP contribution in [0.3, 0.4) is 0 Å². The lowest BCUT2D eigenvalue weighted by molar-refractivity contribution is 0.0947. The van der Waals surface area contributed by atoms with Gasteiger partial charge in [-0.05, 0) is 47.5 Å². The van der Waals surface area contributed by atoms with E-state index in [9.17, 15) is 4.79 Å².